The largest absolute Gasteiger partial charge is 0.492 e. The lowest BCUT2D eigenvalue weighted by Gasteiger charge is -2.38. The highest BCUT2D eigenvalue weighted by Crippen LogP contribution is 2.19. The van der Waals surface area contributed by atoms with Gasteiger partial charge in [-0.3, -0.25) is 14.8 Å². The number of nitrogens with zero attached hydrogens (tertiary/aromatic N) is 4. The number of amides is 1. The Hall–Kier alpha value is -2.50. The Morgan fingerprint density at radius 2 is 2.19 bits per heavy atom. The number of likely N-dealkylation sites (tertiary alicyclic amines) is 1. The summed E-state index contributed by atoms with van der Waals surface area (Å²) >= 11 is 0. The fourth-order valence-corrected chi connectivity index (χ4v) is 2.15. The second-order valence-electron chi connectivity index (χ2n) is 5.12. The summed E-state index contributed by atoms with van der Waals surface area (Å²) in [5.74, 6) is 1.04. The van der Waals surface area contributed by atoms with Gasteiger partial charge in [-0.05, 0) is 19.1 Å². The molecule has 1 aliphatic rings. The Morgan fingerprint density at radius 1 is 1.33 bits per heavy atom. The second-order valence-corrected chi connectivity index (χ2v) is 5.12. The molecule has 1 amide bonds. The maximum absolute atomic E-state index is 12.1. The smallest absolute Gasteiger partial charge is 0.274 e. The van der Waals surface area contributed by atoms with Gasteiger partial charge < -0.3 is 9.64 Å². The van der Waals surface area contributed by atoms with Crippen LogP contribution >= 0.6 is 0 Å². The number of aromatic nitrogens is 3. The van der Waals surface area contributed by atoms with Crippen molar-refractivity contribution in [2.24, 2.45) is 5.92 Å². The number of carbonyl (C=O) groups is 1. The van der Waals surface area contributed by atoms with E-state index in [0.717, 1.165) is 11.4 Å². The molecular weight excluding hydrogens is 268 g/mol. The van der Waals surface area contributed by atoms with Gasteiger partial charge in [0.15, 0.2) is 0 Å². The molecule has 0 aliphatic carbocycles. The molecule has 3 heterocycles. The van der Waals surface area contributed by atoms with Gasteiger partial charge in [0.2, 0.25) is 0 Å². The summed E-state index contributed by atoms with van der Waals surface area (Å²) < 4.78 is 5.63. The minimum Gasteiger partial charge on any atom is -0.492 e. The van der Waals surface area contributed by atoms with E-state index in [2.05, 4.69) is 15.0 Å². The van der Waals surface area contributed by atoms with E-state index in [1.807, 2.05) is 19.1 Å². The predicted octanol–water partition coefficient (Wildman–Crippen LogP) is 1.33. The Morgan fingerprint density at radius 3 is 2.86 bits per heavy atom. The first-order valence-corrected chi connectivity index (χ1v) is 6.83. The Kier molecular flexibility index (Phi) is 3.77. The van der Waals surface area contributed by atoms with E-state index in [1.54, 1.807) is 23.5 Å². The lowest BCUT2D eigenvalue weighted by atomic mass is 10.0. The van der Waals surface area contributed by atoms with E-state index in [4.69, 9.17) is 4.74 Å². The van der Waals surface area contributed by atoms with Crippen LogP contribution in [0.5, 0.6) is 5.75 Å². The molecule has 0 N–H and O–H groups in total. The third kappa shape index (κ3) is 3.16. The average Bonchev–Trinajstić information content (AvgIpc) is 2.47. The van der Waals surface area contributed by atoms with Crippen LogP contribution in [0, 0.1) is 12.8 Å². The quantitative estimate of drug-likeness (QED) is 0.847. The van der Waals surface area contributed by atoms with Crippen LogP contribution in [-0.4, -0.2) is 45.5 Å². The number of pyridine rings is 1. The summed E-state index contributed by atoms with van der Waals surface area (Å²) in [5, 5.41) is 0. The summed E-state index contributed by atoms with van der Waals surface area (Å²) in [5.41, 5.74) is 1.20. The van der Waals surface area contributed by atoms with Gasteiger partial charge in [-0.2, -0.15) is 0 Å². The third-order valence-corrected chi connectivity index (χ3v) is 3.36. The van der Waals surface area contributed by atoms with Gasteiger partial charge in [-0.25, -0.2) is 4.98 Å². The van der Waals surface area contributed by atoms with Gasteiger partial charge in [-0.1, -0.05) is 0 Å². The van der Waals surface area contributed by atoms with Crippen molar-refractivity contribution in [1.29, 1.82) is 0 Å². The molecule has 0 unspecified atom stereocenters. The molecule has 3 rings (SSSR count). The summed E-state index contributed by atoms with van der Waals surface area (Å²) in [4.78, 5) is 26.1. The van der Waals surface area contributed by atoms with E-state index in [1.165, 1.54) is 6.20 Å². The van der Waals surface area contributed by atoms with Crippen LogP contribution in [0.15, 0.2) is 36.9 Å². The molecule has 0 saturated carbocycles. The standard InChI is InChI=1S/C15H16N4O2/c1-11-5-18-14(7-17-11)15(20)19-8-12(9-19)10-21-13-3-2-4-16-6-13/h2-7,12H,8-10H2,1H3. The Balaban J connectivity index is 1.47. The normalized spacial score (nSPS) is 14.6. The highest BCUT2D eigenvalue weighted by Gasteiger charge is 2.32. The molecular formula is C15H16N4O2. The first-order valence-electron chi connectivity index (χ1n) is 6.83. The minimum absolute atomic E-state index is 0.0693. The number of ether oxygens (including phenoxy) is 1. The summed E-state index contributed by atoms with van der Waals surface area (Å²) in [6.45, 7) is 3.81. The Bertz CT molecular complexity index is 609. The van der Waals surface area contributed by atoms with Crippen LogP contribution in [0.25, 0.3) is 0 Å². The first-order chi connectivity index (χ1) is 10.2. The highest BCUT2D eigenvalue weighted by molar-refractivity contribution is 5.92. The molecule has 2 aromatic rings. The molecule has 0 atom stereocenters. The molecule has 21 heavy (non-hydrogen) atoms. The number of aryl methyl sites for hydroxylation is 1. The van der Waals surface area contributed by atoms with Crippen LogP contribution in [0.3, 0.4) is 0 Å². The highest BCUT2D eigenvalue weighted by atomic mass is 16.5. The van der Waals surface area contributed by atoms with Gasteiger partial charge in [0.25, 0.3) is 5.91 Å². The summed E-state index contributed by atoms with van der Waals surface area (Å²) in [6.07, 6.45) is 6.52. The van der Waals surface area contributed by atoms with E-state index in [0.29, 0.717) is 31.3 Å². The lowest BCUT2D eigenvalue weighted by Crippen LogP contribution is -2.52. The molecule has 0 bridgehead atoms. The Labute approximate surface area is 122 Å². The zero-order valence-corrected chi connectivity index (χ0v) is 11.8. The van der Waals surface area contributed by atoms with Crippen LogP contribution in [-0.2, 0) is 0 Å². The molecule has 1 fully saturated rings. The zero-order chi connectivity index (χ0) is 14.7. The summed E-state index contributed by atoms with van der Waals surface area (Å²) in [6, 6.07) is 3.71. The molecule has 2 aromatic heterocycles. The van der Waals surface area contributed by atoms with Crippen molar-refractivity contribution in [3.63, 3.8) is 0 Å². The van der Waals surface area contributed by atoms with Crippen molar-refractivity contribution in [2.75, 3.05) is 19.7 Å². The van der Waals surface area contributed by atoms with Gasteiger partial charge >= 0.3 is 0 Å². The fourth-order valence-electron chi connectivity index (χ4n) is 2.15. The molecule has 6 nitrogen and oxygen atoms in total. The molecule has 0 aromatic carbocycles. The summed E-state index contributed by atoms with van der Waals surface area (Å²) in [7, 11) is 0. The van der Waals surface area contributed by atoms with Crippen LogP contribution in [0.4, 0.5) is 0 Å². The van der Waals surface area contributed by atoms with Crippen LogP contribution in [0.2, 0.25) is 0 Å². The molecule has 0 radical (unpaired) electrons. The van der Waals surface area contributed by atoms with Gasteiger partial charge in [-0.15, -0.1) is 0 Å². The maximum Gasteiger partial charge on any atom is 0.274 e. The average molecular weight is 284 g/mol. The third-order valence-electron chi connectivity index (χ3n) is 3.36. The van der Waals surface area contributed by atoms with E-state index >= 15 is 0 Å². The van der Waals surface area contributed by atoms with Gasteiger partial charge in [0, 0.05) is 31.4 Å². The number of hydrogen-bond acceptors (Lipinski definition) is 5. The van der Waals surface area contributed by atoms with Crippen molar-refractivity contribution in [3.8, 4) is 5.75 Å². The van der Waals surface area contributed by atoms with Crippen LogP contribution in [0.1, 0.15) is 16.2 Å². The molecule has 1 aliphatic heterocycles. The van der Waals surface area contributed by atoms with E-state index < -0.39 is 0 Å². The van der Waals surface area contributed by atoms with Crippen molar-refractivity contribution in [3.05, 3.63) is 48.3 Å². The molecule has 108 valence electrons. The molecule has 6 heteroatoms. The molecule has 0 spiro atoms. The maximum atomic E-state index is 12.1. The molecule has 1 saturated heterocycles. The van der Waals surface area contributed by atoms with E-state index in [-0.39, 0.29) is 5.91 Å². The fraction of sp³-hybridized carbons (Fsp3) is 0.333. The number of rotatable bonds is 4. The van der Waals surface area contributed by atoms with Gasteiger partial charge in [0.1, 0.15) is 11.4 Å². The lowest BCUT2D eigenvalue weighted by molar-refractivity contribution is 0.0387. The first kappa shape index (κ1) is 13.5. The number of carbonyl (C=O) groups excluding carboxylic acids is 1. The van der Waals surface area contributed by atoms with Crippen molar-refractivity contribution in [2.45, 2.75) is 6.92 Å². The topological polar surface area (TPSA) is 68.2 Å². The number of hydrogen-bond donors (Lipinski definition) is 0. The van der Waals surface area contributed by atoms with E-state index in [9.17, 15) is 4.79 Å². The zero-order valence-electron chi connectivity index (χ0n) is 11.8. The predicted molar refractivity (Wildman–Crippen MR) is 75.9 cm³/mol. The van der Waals surface area contributed by atoms with Crippen LogP contribution < -0.4 is 4.74 Å². The SMILES string of the molecule is Cc1cnc(C(=O)N2CC(COc3cccnc3)C2)cn1. The van der Waals surface area contributed by atoms with Gasteiger partial charge in [0.05, 0.1) is 24.7 Å². The second kappa shape index (κ2) is 5.87. The monoisotopic (exact) mass is 284 g/mol. The van der Waals surface area contributed by atoms with Crippen molar-refractivity contribution in [1.82, 2.24) is 19.9 Å². The van der Waals surface area contributed by atoms with Crippen molar-refractivity contribution < 1.29 is 9.53 Å². The minimum atomic E-state index is -0.0693. The van der Waals surface area contributed by atoms with Crippen molar-refractivity contribution >= 4 is 5.91 Å².